The normalized spacial score (nSPS) is 45.7. The van der Waals surface area contributed by atoms with Gasteiger partial charge in [-0.3, -0.25) is 0 Å². The topological polar surface area (TPSA) is 46.2 Å². The maximum absolute atomic E-state index is 11.2. The summed E-state index contributed by atoms with van der Waals surface area (Å²) in [6.45, 7) is 7.54. The van der Waals surface area contributed by atoms with E-state index in [1.165, 1.54) is 25.7 Å². The molecule has 2 unspecified atom stereocenters. The highest BCUT2D eigenvalue weighted by Gasteiger charge is 2.55. The van der Waals surface area contributed by atoms with Gasteiger partial charge < -0.3 is 10.8 Å². The number of hydrogen-bond acceptors (Lipinski definition) is 2. The van der Waals surface area contributed by atoms with Gasteiger partial charge >= 0.3 is 0 Å². The zero-order valence-corrected chi connectivity index (χ0v) is 12.4. The van der Waals surface area contributed by atoms with Crippen LogP contribution in [0, 0.1) is 23.2 Å². The van der Waals surface area contributed by atoms with E-state index in [4.69, 9.17) is 5.73 Å². The van der Waals surface area contributed by atoms with E-state index in [2.05, 4.69) is 20.8 Å². The Labute approximate surface area is 112 Å². The Kier molecular flexibility index (Phi) is 4.08. The van der Waals surface area contributed by atoms with Crippen LogP contribution in [0.3, 0.4) is 0 Å². The van der Waals surface area contributed by atoms with Gasteiger partial charge in [-0.1, -0.05) is 27.2 Å². The molecule has 2 fully saturated rings. The fourth-order valence-corrected chi connectivity index (χ4v) is 4.62. The van der Waals surface area contributed by atoms with Crippen molar-refractivity contribution in [1.29, 1.82) is 0 Å². The molecular formula is C16H31NO. The number of hydrogen-bond donors (Lipinski definition) is 2. The highest BCUT2D eigenvalue weighted by molar-refractivity contribution is 5.06. The molecule has 0 aliphatic heterocycles. The Balaban J connectivity index is 2.13. The average Bonchev–Trinajstić information content (AvgIpc) is 2.71. The molecule has 0 bridgehead atoms. The monoisotopic (exact) mass is 253 g/mol. The van der Waals surface area contributed by atoms with Crippen molar-refractivity contribution in [2.45, 2.75) is 71.3 Å². The molecule has 2 saturated carbocycles. The average molecular weight is 253 g/mol. The standard InChI is InChI=1S/C16H31NO/c1-12(2)14-6-9-15(11-17,10-7-14)16(18)8-4-5-13(16)3/h12-14,18H,4-11,17H2,1-3H3. The van der Waals surface area contributed by atoms with Crippen LogP contribution in [0.4, 0.5) is 0 Å². The largest absolute Gasteiger partial charge is 0.389 e. The lowest BCUT2D eigenvalue weighted by atomic mass is 9.57. The van der Waals surface area contributed by atoms with Crippen molar-refractivity contribution >= 4 is 0 Å². The fraction of sp³-hybridized carbons (Fsp3) is 1.00. The summed E-state index contributed by atoms with van der Waals surface area (Å²) in [7, 11) is 0. The molecule has 0 aromatic carbocycles. The minimum Gasteiger partial charge on any atom is -0.389 e. The van der Waals surface area contributed by atoms with E-state index < -0.39 is 5.60 Å². The van der Waals surface area contributed by atoms with Crippen molar-refractivity contribution in [3.63, 3.8) is 0 Å². The second kappa shape index (κ2) is 5.13. The molecule has 0 aromatic heterocycles. The maximum atomic E-state index is 11.2. The van der Waals surface area contributed by atoms with Gasteiger partial charge in [0.05, 0.1) is 5.60 Å². The summed E-state index contributed by atoms with van der Waals surface area (Å²) in [6, 6.07) is 0. The molecule has 0 amide bonds. The summed E-state index contributed by atoms with van der Waals surface area (Å²) in [4.78, 5) is 0. The van der Waals surface area contributed by atoms with Crippen LogP contribution in [0.15, 0.2) is 0 Å². The first kappa shape index (κ1) is 14.3. The quantitative estimate of drug-likeness (QED) is 0.810. The molecule has 3 N–H and O–H groups in total. The molecule has 0 heterocycles. The summed E-state index contributed by atoms with van der Waals surface area (Å²) >= 11 is 0. The summed E-state index contributed by atoms with van der Waals surface area (Å²) in [5.41, 5.74) is 5.65. The Hall–Kier alpha value is -0.0800. The summed E-state index contributed by atoms with van der Waals surface area (Å²) in [6.07, 6.45) is 8.09. The van der Waals surface area contributed by atoms with Crippen LogP contribution in [0.2, 0.25) is 0 Å². The minimum atomic E-state index is -0.482. The highest BCUT2D eigenvalue weighted by atomic mass is 16.3. The van der Waals surface area contributed by atoms with Crippen LogP contribution in [-0.2, 0) is 0 Å². The van der Waals surface area contributed by atoms with Crippen LogP contribution in [0.5, 0.6) is 0 Å². The van der Waals surface area contributed by atoms with Crippen molar-refractivity contribution in [3.8, 4) is 0 Å². The molecule has 0 radical (unpaired) electrons. The van der Waals surface area contributed by atoms with Crippen LogP contribution in [0.1, 0.15) is 65.7 Å². The van der Waals surface area contributed by atoms with Gasteiger partial charge in [0.2, 0.25) is 0 Å². The van der Waals surface area contributed by atoms with E-state index in [1.807, 2.05) is 0 Å². The molecule has 0 spiro atoms. The zero-order valence-electron chi connectivity index (χ0n) is 12.4. The van der Waals surface area contributed by atoms with Gasteiger partial charge in [0.25, 0.3) is 0 Å². The Bertz CT molecular complexity index is 281. The van der Waals surface area contributed by atoms with Gasteiger partial charge in [-0.25, -0.2) is 0 Å². The molecule has 2 rings (SSSR count). The van der Waals surface area contributed by atoms with Crippen molar-refractivity contribution in [1.82, 2.24) is 0 Å². The second-order valence-corrected chi connectivity index (χ2v) is 7.28. The Morgan fingerprint density at radius 2 is 1.78 bits per heavy atom. The zero-order chi connectivity index (χ0) is 13.4. The first-order chi connectivity index (χ1) is 8.45. The molecule has 2 aliphatic carbocycles. The molecule has 2 aliphatic rings. The summed E-state index contributed by atoms with van der Waals surface area (Å²) in [5, 5.41) is 11.2. The molecule has 2 heteroatoms. The summed E-state index contributed by atoms with van der Waals surface area (Å²) < 4.78 is 0. The van der Waals surface area contributed by atoms with Crippen LogP contribution in [0.25, 0.3) is 0 Å². The van der Waals surface area contributed by atoms with E-state index in [-0.39, 0.29) is 5.41 Å². The predicted molar refractivity (Wildman–Crippen MR) is 76.2 cm³/mol. The van der Waals surface area contributed by atoms with Crippen LogP contribution < -0.4 is 5.73 Å². The minimum absolute atomic E-state index is 0.00824. The van der Waals surface area contributed by atoms with E-state index in [0.717, 1.165) is 31.1 Å². The van der Waals surface area contributed by atoms with Gasteiger partial charge in [-0.05, 0) is 56.3 Å². The number of aliphatic hydroxyl groups is 1. The number of rotatable bonds is 3. The smallest absolute Gasteiger partial charge is 0.0741 e. The predicted octanol–water partition coefficient (Wildman–Crippen LogP) is 3.33. The Morgan fingerprint density at radius 1 is 1.17 bits per heavy atom. The van der Waals surface area contributed by atoms with Crippen LogP contribution >= 0.6 is 0 Å². The second-order valence-electron chi connectivity index (χ2n) is 7.28. The van der Waals surface area contributed by atoms with Gasteiger partial charge in [0, 0.05) is 12.0 Å². The molecule has 106 valence electrons. The molecule has 0 aromatic rings. The van der Waals surface area contributed by atoms with Gasteiger partial charge in [0.15, 0.2) is 0 Å². The van der Waals surface area contributed by atoms with E-state index >= 15 is 0 Å². The lowest BCUT2D eigenvalue weighted by Gasteiger charge is -2.51. The molecule has 18 heavy (non-hydrogen) atoms. The molecule has 2 atom stereocenters. The Morgan fingerprint density at radius 3 is 2.17 bits per heavy atom. The third-order valence-electron chi connectivity index (χ3n) is 6.25. The SMILES string of the molecule is CC(C)C1CCC(CN)(C2(O)CCCC2C)CC1. The fourth-order valence-electron chi connectivity index (χ4n) is 4.62. The van der Waals surface area contributed by atoms with E-state index in [0.29, 0.717) is 12.5 Å². The number of nitrogens with two attached hydrogens (primary N) is 1. The van der Waals surface area contributed by atoms with Gasteiger partial charge in [-0.2, -0.15) is 0 Å². The van der Waals surface area contributed by atoms with Crippen molar-refractivity contribution < 1.29 is 5.11 Å². The maximum Gasteiger partial charge on any atom is 0.0741 e. The van der Waals surface area contributed by atoms with Gasteiger partial charge in [-0.15, -0.1) is 0 Å². The molecule has 2 nitrogen and oxygen atoms in total. The summed E-state index contributed by atoms with van der Waals surface area (Å²) in [5.74, 6) is 2.04. The van der Waals surface area contributed by atoms with E-state index in [9.17, 15) is 5.11 Å². The third kappa shape index (κ3) is 2.12. The first-order valence-corrected chi connectivity index (χ1v) is 7.87. The van der Waals surface area contributed by atoms with Crippen molar-refractivity contribution in [3.05, 3.63) is 0 Å². The van der Waals surface area contributed by atoms with Crippen molar-refractivity contribution in [2.24, 2.45) is 28.9 Å². The van der Waals surface area contributed by atoms with Gasteiger partial charge in [0.1, 0.15) is 0 Å². The van der Waals surface area contributed by atoms with Crippen LogP contribution in [-0.4, -0.2) is 17.3 Å². The lowest BCUT2D eigenvalue weighted by Crippen LogP contribution is -2.56. The first-order valence-electron chi connectivity index (χ1n) is 7.87. The molecule has 0 saturated heterocycles. The van der Waals surface area contributed by atoms with E-state index in [1.54, 1.807) is 0 Å². The highest BCUT2D eigenvalue weighted by Crippen LogP contribution is 2.55. The third-order valence-corrected chi connectivity index (χ3v) is 6.25. The lowest BCUT2D eigenvalue weighted by molar-refractivity contribution is -0.127. The van der Waals surface area contributed by atoms with Crippen molar-refractivity contribution in [2.75, 3.05) is 6.54 Å². The molecular weight excluding hydrogens is 222 g/mol.